The molecule has 0 radical (unpaired) electrons. The number of esters is 1. The lowest BCUT2D eigenvalue weighted by Crippen LogP contribution is -2.18. The van der Waals surface area contributed by atoms with Gasteiger partial charge in [0.25, 0.3) is 0 Å². The average Bonchev–Trinajstić information content (AvgIpc) is 2.56. The first-order chi connectivity index (χ1) is 11.6. The summed E-state index contributed by atoms with van der Waals surface area (Å²) in [7, 11) is 0. The molecule has 0 aliphatic rings. The summed E-state index contributed by atoms with van der Waals surface area (Å²) in [5, 5.41) is 3.70. The summed E-state index contributed by atoms with van der Waals surface area (Å²) in [6, 6.07) is 12.0. The minimum absolute atomic E-state index is 0.152. The van der Waals surface area contributed by atoms with Gasteiger partial charge in [-0.1, -0.05) is 24.3 Å². The van der Waals surface area contributed by atoms with Crippen LogP contribution in [0, 0.1) is 5.82 Å². The molecule has 0 atom stereocenters. The van der Waals surface area contributed by atoms with E-state index in [-0.39, 0.29) is 17.9 Å². The van der Waals surface area contributed by atoms with E-state index >= 15 is 0 Å². The van der Waals surface area contributed by atoms with Crippen LogP contribution in [-0.4, -0.2) is 24.9 Å². The molecule has 0 heterocycles. The number of ether oxygens (including phenoxy) is 2. The van der Waals surface area contributed by atoms with E-state index in [1.807, 2.05) is 0 Å². The van der Waals surface area contributed by atoms with Crippen molar-refractivity contribution in [1.29, 1.82) is 0 Å². The van der Waals surface area contributed by atoms with E-state index in [1.165, 1.54) is 30.5 Å². The molecule has 124 valence electrons. The quantitative estimate of drug-likeness (QED) is 0.395. The van der Waals surface area contributed by atoms with E-state index in [9.17, 15) is 14.0 Å². The molecule has 7 heteroatoms. The molecule has 1 N–H and O–H groups in total. The first-order valence-electron chi connectivity index (χ1n) is 7.12. The van der Waals surface area contributed by atoms with Crippen LogP contribution in [0.1, 0.15) is 22.8 Å². The minimum atomic E-state index is -0.799. The third kappa shape index (κ3) is 4.91. The molecule has 0 bridgehead atoms. The summed E-state index contributed by atoms with van der Waals surface area (Å²) in [5.41, 5.74) is 2.60. The van der Waals surface area contributed by atoms with E-state index in [4.69, 9.17) is 4.74 Å². The van der Waals surface area contributed by atoms with Gasteiger partial charge in [-0.2, -0.15) is 5.10 Å². The number of halogens is 1. The molecule has 2 aromatic carbocycles. The Balaban J connectivity index is 2.02. The van der Waals surface area contributed by atoms with Crippen LogP contribution >= 0.6 is 0 Å². The number of carbonyl (C=O) groups excluding carboxylic acids is 2. The van der Waals surface area contributed by atoms with Crippen LogP contribution in [0.3, 0.4) is 0 Å². The van der Waals surface area contributed by atoms with Gasteiger partial charge in [0.2, 0.25) is 0 Å². The summed E-state index contributed by atoms with van der Waals surface area (Å²) >= 11 is 0. The van der Waals surface area contributed by atoms with Gasteiger partial charge in [0.15, 0.2) is 0 Å². The second-order valence-corrected chi connectivity index (χ2v) is 4.53. The Labute approximate surface area is 137 Å². The van der Waals surface area contributed by atoms with Gasteiger partial charge in [0.1, 0.15) is 11.6 Å². The van der Waals surface area contributed by atoms with Crippen molar-refractivity contribution >= 4 is 18.3 Å². The molecular weight excluding hydrogens is 315 g/mol. The van der Waals surface area contributed by atoms with Gasteiger partial charge in [-0.15, -0.1) is 0 Å². The van der Waals surface area contributed by atoms with Gasteiger partial charge >= 0.3 is 12.1 Å². The number of hydrogen-bond acceptors (Lipinski definition) is 5. The summed E-state index contributed by atoms with van der Waals surface area (Å²) in [6.45, 7) is 1.92. The molecule has 0 saturated carbocycles. The summed E-state index contributed by atoms with van der Waals surface area (Å²) in [6.07, 6.45) is 0.688. The molecule has 0 aromatic heterocycles. The Morgan fingerprint density at radius 1 is 1.21 bits per heavy atom. The van der Waals surface area contributed by atoms with E-state index in [0.29, 0.717) is 5.56 Å². The van der Waals surface area contributed by atoms with Crippen molar-refractivity contribution in [2.45, 2.75) is 6.92 Å². The van der Waals surface area contributed by atoms with Gasteiger partial charge in [0.05, 0.1) is 18.4 Å². The van der Waals surface area contributed by atoms with Crippen molar-refractivity contribution in [3.63, 3.8) is 0 Å². The number of amides is 1. The van der Waals surface area contributed by atoms with Crippen molar-refractivity contribution in [3.8, 4) is 5.75 Å². The lowest BCUT2D eigenvalue weighted by atomic mass is 10.2. The molecule has 0 saturated heterocycles. The average molecular weight is 330 g/mol. The predicted molar refractivity (Wildman–Crippen MR) is 85.6 cm³/mol. The van der Waals surface area contributed by atoms with Crippen LogP contribution in [0.15, 0.2) is 53.6 Å². The molecule has 2 aromatic rings. The third-order valence-electron chi connectivity index (χ3n) is 2.81. The van der Waals surface area contributed by atoms with Crippen LogP contribution in [0.5, 0.6) is 5.75 Å². The second kappa shape index (κ2) is 8.42. The molecule has 2 rings (SSSR count). The standard InChI is InChI=1S/C17H15FN2O4/c1-2-23-17(22)20-19-11-12-6-5-7-13(10-12)24-16(21)14-8-3-4-9-15(14)18/h3-11H,2H2,1H3,(H,20,22)/b19-11-. The van der Waals surface area contributed by atoms with E-state index in [0.717, 1.165) is 0 Å². The third-order valence-corrected chi connectivity index (χ3v) is 2.81. The van der Waals surface area contributed by atoms with Gasteiger partial charge in [-0.3, -0.25) is 0 Å². The van der Waals surface area contributed by atoms with Crippen LogP contribution in [-0.2, 0) is 4.74 Å². The molecule has 0 fully saturated rings. The maximum Gasteiger partial charge on any atom is 0.427 e. The summed E-state index contributed by atoms with van der Waals surface area (Å²) in [4.78, 5) is 23.0. The highest BCUT2D eigenvalue weighted by Gasteiger charge is 2.13. The highest BCUT2D eigenvalue weighted by atomic mass is 19.1. The fourth-order valence-corrected chi connectivity index (χ4v) is 1.77. The normalized spacial score (nSPS) is 10.4. The van der Waals surface area contributed by atoms with Crippen LogP contribution in [0.2, 0.25) is 0 Å². The molecule has 24 heavy (non-hydrogen) atoms. The first kappa shape index (κ1) is 17.1. The van der Waals surface area contributed by atoms with Gasteiger partial charge in [-0.25, -0.2) is 19.4 Å². The molecule has 6 nitrogen and oxygen atoms in total. The predicted octanol–water partition coefficient (Wildman–Crippen LogP) is 3.12. The molecule has 0 spiro atoms. The monoisotopic (exact) mass is 330 g/mol. The Bertz CT molecular complexity index is 762. The fraction of sp³-hybridized carbons (Fsp3) is 0.118. The van der Waals surface area contributed by atoms with Crippen molar-refractivity contribution in [2.24, 2.45) is 5.10 Å². The van der Waals surface area contributed by atoms with Crippen LogP contribution in [0.4, 0.5) is 9.18 Å². The first-order valence-corrected chi connectivity index (χ1v) is 7.12. The topological polar surface area (TPSA) is 77.0 Å². The Morgan fingerprint density at radius 3 is 2.75 bits per heavy atom. The number of carbonyl (C=O) groups is 2. The van der Waals surface area contributed by atoms with Gasteiger partial charge in [0, 0.05) is 0 Å². The van der Waals surface area contributed by atoms with Crippen LogP contribution < -0.4 is 10.2 Å². The highest BCUT2D eigenvalue weighted by molar-refractivity contribution is 5.91. The Hall–Kier alpha value is -3.22. The number of benzene rings is 2. The van der Waals surface area contributed by atoms with Crippen molar-refractivity contribution in [3.05, 3.63) is 65.5 Å². The number of nitrogens with zero attached hydrogens (tertiary/aromatic N) is 1. The second-order valence-electron chi connectivity index (χ2n) is 4.53. The smallest absolute Gasteiger partial charge is 0.427 e. The van der Waals surface area contributed by atoms with Crippen molar-refractivity contribution < 1.29 is 23.5 Å². The SMILES string of the molecule is CCOC(=O)N/N=C\c1cccc(OC(=O)c2ccccc2F)c1. The van der Waals surface area contributed by atoms with E-state index < -0.39 is 17.9 Å². The maximum atomic E-state index is 13.6. The zero-order chi connectivity index (χ0) is 17.4. The zero-order valence-electron chi connectivity index (χ0n) is 12.9. The van der Waals surface area contributed by atoms with Gasteiger partial charge in [-0.05, 0) is 36.8 Å². The molecule has 0 aliphatic heterocycles. The summed E-state index contributed by atoms with van der Waals surface area (Å²) < 4.78 is 23.3. The van der Waals surface area contributed by atoms with Gasteiger partial charge < -0.3 is 9.47 Å². The number of rotatable bonds is 5. The van der Waals surface area contributed by atoms with E-state index in [2.05, 4.69) is 15.3 Å². The largest absolute Gasteiger partial charge is 0.449 e. The highest BCUT2D eigenvalue weighted by Crippen LogP contribution is 2.15. The molecule has 0 aliphatic carbocycles. The van der Waals surface area contributed by atoms with Crippen molar-refractivity contribution in [2.75, 3.05) is 6.61 Å². The minimum Gasteiger partial charge on any atom is -0.449 e. The molecule has 0 unspecified atom stereocenters. The van der Waals surface area contributed by atoms with Crippen LogP contribution in [0.25, 0.3) is 0 Å². The number of hydrogen-bond donors (Lipinski definition) is 1. The van der Waals surface area contributed by atoms with Crippen molar-refractivity contribution in [1.82, 2.24) is 5.43 Å². The Morgan fingerprint density at radius 2 is 2.00 bits per heavy atom. The maximum absolute atomic E-state index is 13.6. The zero-order valence-corrected chi connectivity index (χ0v) is 12.9. The lowest BCUT2D eigenvalue weighted by Gasteiger charge is -2.05. The Kier molecular flexibility index (Phi) is 6.01. The molecular formula is C17H15FN2O4. The number of nitrogens with one attached hydrogen (secondary N) is 1. The number of hydrazone groups is 1. The molecule has 1 amide bonds. The van der Waals surface area contributed by atoms with E-state index in [1.54, 1.807) is 31.2 Å². The summed E-state index contributed by atoms with van der Waals surface area (Å²) in [5.74, 6) is -1.23. The fourth-order valence-electron chi connectivity index (χ4n) is 1.77. The lowest BCUT2D eigenvalue weighted by molar-refractivity contribution is 0.0730.